The fourth-order valence-corrected chi connectivity index (χ4v) is 1.75. The van der Waals surface area contributed by atoms with E-state index in [4.69, 9.17) is 5.11 Å². The molecule has 0 aliphatic carbocycles. The van der Waals surface area contributed by atoms with E-state index in [2.05, 4.69) is 17.3 Å². The van der Waals surface area contributed by atoms with Crippen LogP contribution < -0.4 is 5.32 Å². The van der Waals surface area contributed by atoms with Crippen LogP contribution in [-0.2, 0) is 4.79 Å². The van der Waals surface area contributed by atoms with Crippen molar-refractivity contribution < 1.29 is 9.90 Å². The summed E-state index contributed by atoms with van der Waals surface area (Å²) in [6, 6.07) is 0. The van der Waals surface area contributed by atoms with E-state index >= 15 is 0 Å². The predicted molar refractivity (Wildman–Crippen MR) is 50.3 cm³/mol. The number of carbonyl (C=O) groups excluding carboxylic acids is 1. The highest BCUT2D eigenvalue weighted by Gasteiger charge is 2.17. The van der Waals surface area contributed by atoms with Crippen molar-refractivity contribution in [3.63, 3.8) is 0 Å². The van der Waals surface area contributed by atoms with Crippen molar-refractivity contribution in [2.24, 2.45) is 5.92 Å². The maximum atomic E-state index is 10.8. The Morgan fingerprint density at radius 2 is 2.46 bits per heavy atom. The summed E-state index contributed by atoms with van der Waals surface area (Å²) in [6.45, 7) is 2.50. The first-order chi connectivity index (χ1) is 6.22. The molecule has 0 radical (unpaired) electrons. The minimum absolute atomic E-state index is 0.270. The van der Waals surface area contributed by atoms with Crippen LogP contribution in [0.2, 0.25) is 0 Å². The molecule has 0 aromatic carbocycles. The van der Waals surface area contributed by atoms with Gasteiger partial charge in [0.05, 0.1) is 0 Å². The summed E-state index contributed by atoms with van der Waals surface area (Å²) >= 11 is 0. The normalized spacial score (nSPS) is 24.3. The molecule has 1 amide bonds. The number of aliphatic hydroxyl groups is 1. The second kappa shape index (κ2) is 5.19. The van der Waals surface area contributed by atoms with E-state index in [9.17, 15) is 4.79 Å². The number of rotatable bonds is 3. The summed E-state index contributed by atoms with van der Waals surface area (Å²) in [5.74, 6) is 0.280. The number of nitrogens with one attached hydrogen (secondary N) is 1. The fraction of sp³-hybridized carbons (Fsp3) is 0.889. The van der Waals surface area contributed by atoms with Gasteiger partial charge in [0.2, 0.25) is 5.91 Å². The van der Waals surface area contributed by atoms with Gasteiger partial charge in [-0.05, 0) is 32.4 Å². The Hall–Kier alpha value is -0.610. The lowest BCUT2D eigenvalue weighted by Crippen LogP contribution is -2.39. The Balaban J connectivity index is 2.17. The summed E-state index contributed by atoms with van der Waals surface area (Å²) in [5.41, 5.74) is 0. The molecule has 0 aromatic heterocycles. The van der Waals surface area contributed by atoms with Crippen LogP contribution in [0, 0.1) is 5.92 Å². The molecular formula is C9H18N2O2. The molecule has 4 heteroatoms. The monoisotopic (exact) mass is 186 g/mol. The third kappa shape index (κ3) is 3.74. The average molecular weight is 186 g/mol. The molecule has 1 unspecified atom stereocenters. The van der Waals surface area contributed by atoms with Crippen molar-refractivity contribution >= 4 is 5.91 Å². The van der Waals surface area contributed by atoms with Crippen LogP contribution in [0.15, 0.2) is 0 Å². The molecule has 76 valence electrons. The van der Waals surface area contributed by atoms with Crippen LogP contribution >= 0.6 is 0 Å². The van der Waals surface area contributed by atoms with Crippen molar-refractivity contribution in [2.75, 3.05) is 33.3 Å². The summed E-state index contributed by atoms with van der Waals surface area (Å²) in [4.78, 5) is 13.0. The molecule has 0 spiro atoms. The Morgan fingerprint density at radius 3 is 3.08 bits per heavy atom. The van der Waals surface area contributed by atoms with Gasteiger partial charge in [-0.25, -0.2) is 0 Å². The van der Waals surface area contributed by atoms with E-state index < -0.39 is 6.61 Å². The van der Waals surface area contributed by atoms with Gasteiger partial charge in [-0.1, -0.05) is 0 Å². The first-order valence-corrected chi connectivity index (χ1v) is 4.78. The molecule has 0 saturated carbocycles. The Kier molecular flexibility index (Phi) is 4.18. The third-order valence-electron chi connectivity index (χ3n) is 2.45. The number of aliphatic hydroxyl groups excluding tert-OH is 1. The molecule has 2 N–H and O–H groups in total. The van der Waals surface area contributed by atoms with E-state index in [1.807, 2.05) is 0 Å². The molecule has 1 aliphatic heterocycles. The molecule has 1 heterocycles. The van der Waals surface area contributed by atoms with E-state index in [-0.39, 0.29) is 5.91 Å². The highest BCUT2D eigenvalue weighted by atomic mass is 16.3. The number of likely N-dealkylation sites (tertiary alicyclic amines) is 1. The molecule has 1 rings (SSSR count). The minimum Gasteiger partial charge on any atom is -0.387 e. The summed E-state index contributed by atoms with van der Waals surface area (Å²) in [7, 11) is 2.10. The zero-order chi connectivity index (χ0) is 9.68. The van der Waals surface area contributed by atoms with Gasteiger partial charge in [-0.3, -0.25) is 4.79 Å². The summed E-state index contributed by atoms with van der Waals surface area (Å²) in [6.07, 6.45) is 2.38. The molecular weight excluding hydrogens is 168 g/mol. The second-order valence-electron chi connectivity index (χ2n) is 3.73. The molecule has 13 heavy (non-hydrogen) atoms. The Bertz CT molecular complexity index is 173. The van der Waals surface area contributed by atoms with Crippen molar-refractivity contribution in [1.29, 1.82) is 0 Å². The third-order valence-corrected chi connectivity index (χ3v) is 2.45. The van der Waals surface area contributed by atoms with Crippen molar-refractivity contribution in [2.45, 2.75) is 12.8 Å². The molecule has 0 aromatic rings. The largest absolute Gasteiger partial charge is 0.387 e. The second-order valence-corrected chi connectivity index (χ2v) is 3.73. The predicted octanol–water partition coefficient (Wildman–Crippen LogP) is -0.563. The number of nitrogens with zero attached hydrogens (tertiary/aromatic N) is 1. The lowest BCUT2D eigenvalue weighted by atomic mass is 9.98. The zero-order valence-corrected chi connectivity index (χ0v) is 8.12. The summed E-state index contributed by atoms with van der Waals surface area (Å²) < 4.78 is 0. The Labute approximate surface area is 78.9 Å². The van der Waals surface area contributed by atoms with Gasteiger partial charge in [0, 0.05) is 13.1 Å². The van der Waals surface area contributed by atoms with Gasteiger partial charge in [-0.2, -0.15) is 0 Å². The lowest BCUT2D eigenvalue weighted by molar-refractivity contribution is -0.124. The van der Waals surface area contributed by atoms with Gasteiger partial charge in [-0.15, -0.1) is 0 Å². The van der Waals surface area contributed by atoms with Crippen molar-refractivity contribution in [3.8, 4) is 0 Å². The van der Waals surface area contributed by atoms with Gasteiger partial charge >= 0.3 is 0 Å². The SMILES string of the molecule is CN1CCCC(CNC(=O)CO)C1. The lowest BCUT2D eigenvalue weighted by Gasteiger charge is -2.29. The Morgan fingerprint density at radius 1 is 1.69 bits per heavy atom. The number of piperidine rings is 1. The van der Waals surface area contributed by atoms with Crippen molar-refractivity contribution in [1.82, 2.24) is 10.2 Å². The number of amides is 1. The van der Waals surface area contributed by atoms with Crippen LogP contribution in [0.25, 0.3) is 0 Å². The standard InChI is InChI=1S/C9H18N2O2/c1-11-4-2-3-8(6-11)5-10-9(13)7-12/h8,12H,2-7H2,1H3,(H,10,13). The smallest absolute Gasteiger partial charge is 0.245 e. The van der Waals surface area contributed by atoms with Crippen LogP contribution in [0.1, 0.15) is 12.8 Å². The minimum atomic E-state index is -0.400. The van der Waals surface area contributed by atoms with E-state index in [0.29, 0.717) is 12.5 Å². The number of hydrogen-bond donors (Lipinski definition) is 2. The van der Waals surface area contributed by atoms with Crippen molar-refractivity contribution in [3.05, 3.63) is 0 Å². The fourth-order valence-electron chi connectivity index (χ4n) is 1.75. The molecule has 4 nitrogen and oxygen atoms in total. The summed E-state index contributed by atoms with van der Waals surface area (Å²) in [5, 5.41) is 11.2. The average Bonchev–Trinajstić information content (AvgIpc) is 2.14. The maximum absolute atomic E-state index is 10.8. The molecule has 1 fully saturated rings. The first-order valence-electron chi connectivity index (χ1n) is 4.78. The first kappa shape index (κ1) is 10.5. The van der Waals surface area contributed by atoms with Crippen LogP contribution in [0.3, 0.4) is 0 Å². The van der Waals surface area contributed by atoms with Gasteiger partial charge in [0.25, 0.3) is 0 Å². The number of hydrogen-bond acceptors (Lipinski definition) is 3. The van der Waals surface area contributed by atoms with E-state index in [1.165, 1.54) is 12.8 Å². The zero-order valence-electron chi connectivity index (χ0n) is 8.12. The molecule has 1 aliphatic rings. The highest BCUT2D eigenvalue weighted by molar-refractivity contribution is 5.76. The van der Waals surface area contributed by atoms with Gasteiger partial charge in [0.1, 0.15) is 6.61 Å². The van der Waals surface area contributed by atoms with E-state index in [0.717, 1.165) is 13.1 Å². The number of carbonyl (C=O) groups is 1. The van der Waals surface area contributed by atoms with Crippen LogP contribution in [0.4, 0.5) is 0 Å². The molecule has 0 bridgehead atoms. The van der Waals surface area contributed by atoms with Crippen LogP contribution in [-0.4, -0.2) is 49.2 Å². The van der Waals surface area contributed by atoms with E-state index in [1.54, 1.807) is 0 Å². The highest BCUT2D eigenvalue weighted by Crippen LogP contribution is 2.13. The van der Waals surface area contributed by atoms with Gasteiger partial charge in [0.15, 0.2) is 0 Å². The molecule has 1 saturated heterocycles. The van der Waals surface area contributed by atoms with Gasteiger partial charge < -0.3 is 15.3 Å². The van der Waals surface area contributed by atoms with Crippen LogP contribution in [0.5, 0.6) is 0 Å². The quantitative estimate of drug-likeness (QED) is 0.621. The topological polar surface area (TPSA) is 52.6 Å². The maximum Gasteiger partial charge on any atom is 0.245 e. The molecule has 1 atom stereocenters.